The number of rotatable bonds is 4. The van der Waals surface area contributed by atoms with Crippen molar-refractivity contribution < 1.29 is 36.3 Å². The molecule has 2 aromatic rings. The summed E-state index contributed by atoms with van der Waals surface area (Å²) in [5.74, 6) is -2.73. The fourth-order valence-corrected chi connectivity index (χ4v) is 4.99. The van der Waals surface area contributed by atoms with Crippen LogP contribution in [0.4, 0.5) is 19.0 Å². The van der Waals surface area contributed by atoms with Crippen molar-refractivity contribution in [3.63, 3.8) is 0 Å². The Labute approximate surface area is 156 Å². The van der Waals surface area contributed by atoms with Gasteiger partial charge in [0, 0.05) is 0 Å². The first-order chi connectivity index (χ1) is 13.2. The molecule has 2 saturated heterocycles. The number of hydrogen-bond acceptors (Lipinski definition) is 9. The maximum absolute atomic E-state index is 15.2. The zero-order valence-electron chi connectivity index (χ0n) is 14.7. The quantitative estimate of drug-likeness (QED) is 0.737. The lowest BCUT2D eigenvalue weighted by Gasteiger charge is -2.39. The van der Waals surface area contributed by atoms with Gasteiger partial charge in [-0.05, 0) is 13.8 Å². The fraction of sp³-hybridized carbons (Fsp3) is 0.643. The number of aromatic nitrogens is 4. The normalized spacial score (nSPS) is 35.8. The molecule has 2 N–H and O–H groups in total. The Bertz CT molecular complexity index is 945. The molecular weight excluding hydrogens is 406 g/mol. The molecule has 2 fully saturated rings. The van der Waals surface area contributed by atoms with E-state index in [1.807, 2.05) is 0 Å². The van der Waals surface area contributed by atoms with Gasteiger partial charge in [0.05, 0.1) is 12.4 Å². The number of nitrogens with two attached hydrogens (primary N) is 1. The first-order valence-electron chi connectivity index (χ1n) is 8.30. The van der Waals surface area contributed by atoms with Crippen LogP contribution in [0.1, 0.15) is 20.1 Å². The maximum atomic E-state index is 15.2. The van der Waals surface area contributed by atoms with E-state index >= 15 is 4.39 Å². The van der Waals surface area contributed by atoms with Crippen molar-refractivity contribution in [1.82, 2.24) is 19.5 Å². The molecule has 0 saturated carbocycles. The number of ether oxygens (including phenoxy) is 2. The second kappa shape index (κ2) is 6.63. The number of nitrogens with zero attached hydrogens (tertiary/aromatic N) is 4. The molecule has 0 radical (unpaired) electrons. The van der Waals surface area contributed by atoms with E-state index in [0.29, 0.717) is 0 Å². The highest BCUT2D eigenvalue weighted by molar-refractivity contribution is 7.53. The van der Waals surface area contributed by atoms with E-state index in [1.54, 1.807) is 13.8 Å². The summed E-state index contributed by atoms with van der Waals surface area (Å²) in [6.45, 7) is 3.14. The van der Waals surface area contributed by atoms with Crippen molar-refractivity contribution in [3.05, 3.63) is 12.7 Å². The summed E-state index contributed by atoms with van der Waals surface area (Å²) in [5.41, 5.74) is 5.91. The molecule has 0 amide bonds. The first-order valence-corrected chi connectivity index (χ1v) is 10.0. The SMILES string of the molecule is CC(C)OP1(=O)CO[C@@]2(C(F)F)O[C@@H](n3cnc4c(N)ncnc43)[C@H](F)[C@@H]2O1. The van der Waals surface area contributed by atoms with Gasteiger partial charge in [-0.2, -0.15) is 0 Å². The van der Waals surface area contributed by atoms with Crippen LogP contribution in [0.2, 0.25) is 0 Å². The highest BCUT2D eigenvalue weighted by Crippen LogP contribution is 2.61. The third-order valence-corrected chi connectivity index (χ3v) is 6.06. The average molecular weight is 423 g/mol. The van der Waals surface area contributed by atoms with Gasteiger partial charge in [-0.25, -0.2) is 28.1 Å². The molecule has 10 nitrogen and oxygen atoms in total. The summed E-state index contributed by atoms with van der Waals surface area (Å²) >= 11 is 0. The second-order valence-electron chi connectivity index (χ2n) is 6.62. The van der Waals surface area contributed by atoms with E-state index in [0.717, 1.165) is 17.2 Å². The third kappa shape index (κ3) is 2.89. The molecule has 4 heterocycles. The molecule has 0 bridgehead atoms. The number of halogens is 3. The number of fused-ring (bicyclic) bond motifs is 2. The molecular formula is C14H17F3N5O5P. The first kappa shape index (κ1) is 19.5. The summed E-state index contributed by atoms with van der Waals surface area (Å²) in [4.78, 5) is 11.7. The third-order valence-electron chi connectivity index (χ3n) is 4.32. The zero-order valence-corrected chi connectivity index (χ0v) is 15.6. The smallest absolute Gasteiger partial charge is 0.357 e. The van der Waals surface area contributed by atoms with Gasteiger partial charge in [-0.15, -0.1) is 0 Å². The lowest BCUT2D eigenvalue weighted by atomic mass is 10.1. The van der Waals surface area contributed by atoms with Crippen LogP contribution >= 0.6 is 7.60 Å². The number of anilines is 1. The molecule has 2 aliphatic heterocycles. The van der Waals surface area contributed by atoms with Gasteiger partial charge in [0.15, 0.2) is 36.3 Å². The fourth-order valence-electron chi connectivity index (χ4n) is 3.20. The largest absolute Gasteiger partial charge is 0.382 e. The van der Waals surface area contributed by atoms with Crippen molar-refractivity contribution in [1.29, 1.82) is 0 Å². The molecule has 28 heavy (non-hydrogen) atoms. The number of nitrogen functional groups attached to an aromatic ring is 1. The summed E-state index contributed by atoms with van der Waals surface area (Å²) in [6.07, 6.45) is -8.21. The molecule has 4 rings (SSSR count). The summed E-state index contributed by atoms with van der Waals surface area (Å²) in [7, 11) is -3.96. The van der Waals surface area contributed by atoms with Gasteiger partial charge < -0.3 is 19.7 Å². The van der Waals surface area contributed by atoms with Crippen LogP contribution in [0.15, 0.2) is 12.7 Å². The Morgan fingerprint density at radius 2 is 2.14 bits per heavy atom. The van der Waals surface area contributed by atoms with Gasteiger partial charge in [0.25, 0.3) is 12.2 Å². The van der Waals surface area contributed by atoms with Crippen LogP contribution in [-0.4, -0.2) is 56.5 Å². The minimum Gasteiger partial charge on any atom is -0.382 e. The van der Waals surface area contributed by atoms with E-state index in [9.17, 15) is 13.3 Å². The molecule has 2 aromatic heterocycles. The van der Waals surface area contributed by atoms with Crippen molar-refractivity contribution >= 4 is 24.6 Å². The zero-order chi connectivity index (χ0) is 20.3. The summed E-state index contributed by atoms with van der Waals surface area (Å²) in [5, 5.41) is 0. The van der Waals surface area contributed by atoms with Gasteiger partial charge >= 0.3 is 7.60 Å². The predicted octanol–water partition coefficient (Wildman–Crippen LogP) is 2.23. The Morgan fingerprint density at radius 1 is 1.39 bits per heavy atom. The number of hydrogen-bond donors (Lipinski definition) is 1. The monoisotopic (exact) mass is 423 g/mol. The van der Waals surface area contributed by atoms with E-state index in [2.05, 4.69) is 15.0 Å². The van der Waals surface area contributed by atoms with Crippen LogP contribution in [0.3, 0.4) is 0 Å². The topological polar surface area (TPSA) is 124 Å². The lowest BCUT2D eigenvalue weighted by molar-refractivity contribution is -0.319. The van der Waals surface area contributed by atoms with Gasteiger partial charge in [0.2, 0.25) is 0 Å². The molecule has 154 valence electrons. The second-order valence-corrected chi connectivity index (χ2v) is 8.52. The van der Waals surface area contributed by atoms with E-state index < -0.39 is 50.8 Å². The van der Waals surface area contributed by atoms with E-state index in [-0.39, 0.29) is 17.0 Å². The van der Waals surface area contributed by atoms with Crippen LogP contribution in [0.5, 0.6) is 0 Å². The van der Waals surface area contributed by atoms with Crippen molar-refractivity contribution in [2.45, 2.75) is 50.7 Å². The minimum absolute atomic E-state index is 0.0282. The van der Waals surface area contributed by atoms with Gasteiger partial charge in [-0.1, -0.05) is 0 Å². The molecule has 0 aliphatic carbocycles. The summed E-state index contributed by atoms with van der Waals surface area (Å²) in [6, 6.07) is 0. The molecule has 1 unspecified atom stereocenters. The van der Waals surface area contributed by atoms with Crippen molar-refractivity contribution in [3.8, 4) is 0 Å². The van der Waals surface area contributed by atoms with E-state index in [1.165, 1.54) is 0 Å². The van der Waals surface area contributed by atoms with Gasteiger partial charge in [0.1, 0.15) is 11.8 Å². The van der Waals surface area contributed by atoms with Crippen LogP contribution in [0, 0.1) is 0 Å². The van der Waals surface area contributed by atoms with Crippen LogP contribution in [-0.2, 0) is 23.1 Å². The molecule has 0 spiro atoms. The van der Waals surface area contributed by atoms with Gasteiger partial charge in [-0.3, -0.25) is 13.7 Å². The molecule has 2 aliphatic rings. The molecule has 0 aromatic carbocycles. The van der Waals surface area contributed by atoms with E-state index in [4.69, 9.17) is 24.3 Å². The van der Waals surface area contributed by atoms with Crippen molar-refractivity contribution in [2.75, 3.05) is 12.1 Å². The Kier molecular flexibility index (Phi) is 4.62. The standard InChI is InChI=1S/C14H17F3N5O5P/c1-6(2)26-28(23)5-24-14(13(16)17)9(27-28)7(15)12(25-14)22-4-21-8-10(18)19-3-20-11(8)22/h3-4,6-7,9,12-13H,5H2,1-2H3,(H2,18,19,20)/t7-,9+,12-,14-,28?/m1/s1. The highest BCUT2D eigenvalue weighted by atomic mass is 31.2. The lowest BCUT2D eigenvalue weighted by Crippen LogP contribution is -2.54. The minimum atomic E-state index is -3.96. The number of imidazole rings is 1. The van der Waals surface area contributed by atoms with Crippen molar-refractivity contribution in [2.24, 2.45) is 0 Å². The predicted molar refractivity (Wildman–Crippen MR) is 88.1 cm³/mol. The van der Waals surface area contributed by atoms with Crippen LogP contribution < -0.4 is 5.73 Å². The Hall–Kier alpha value is -1.79. The number of alkyl halides is 3. The highest BCUT2D eigenvalue weighted by Gasteiger charge is 2.68. The average Bonchev–Trinajstić information content (AvgIpc) is 3.15. The summed E-state index contributed by atoms with van der Waals surface area (Å²) < 4.78 is 77.4. The Morgan fingerprint density at radius 3 is 2.82 bits per heavy atom. The Balaban J connectivity index is 1.73. The van der Waals surface area contributed by atoms with Crippen LogP contribution in [0.25, 0.3) is 11.2 Å². The maximum Gasteiger partial charge on any atom is 0.357 e. The molecule has 5 atom stereocenters. The molecule has 14 heteroatoms.